The minimum Gasteiger partial charge on any atom is -0.507 e. The van der Waals surface area contributed by atoms with Gasteiger partial charge in [0.2, 0.25) is 0 Å². The number of halogens is 1. The number of aromatic hydroxyl groups is 6. The Morgan fingerprint density at radius 2 is 0.955 bits per heavy atom. The van der Waals surface area contributed by atoms with E-state index in [1.54, 1.807) is 0 Å². The second kappa shape index (κ2) is 12.2. The van der Waals surface area contributed by atoms with E-state index in [-0.39, 0.29) is 45.6 Å². The van der Waals surface area contributed by atoms with Crippen LogP contribution in [0.25, 0.3) is 24.3 Å². The highest BCUT2D eigenvalue weighted by Crippen LogP contribution is 2.38. The second-order valence-corrected chi connectivity index (χ2v) is 10.1. The zero-order valence-corrected chi connectivity index (χ0v) is 23.3. The van der Waals surface area contributed by atoms with Crippen molar-refractivity contribution in [1.82, 2.24) is 0 Å². The molecule has 0 unspecified atom stereocenters. The van der Waals surface area contributed by atoms with Crippen LogP contribution in [0.1, 0.15) is 45.3 Å². The molecule has 5 aromatic rings. The third kappa shape index (κ3) is 6.30. The van der Waals surface area contributed by atoms with Crippen LogP contribution in [0.2, 0.25) is 5.02 Å². The Bertz CT molecular complexity index is 1910. The molecule has 0 aliphatic carbocycles. The van der Waals surface area contributed by atoms with Crippen LogP contribution in [0.4, 0.5) is 0 Å². The van der Waals surface area contributed by atoms with Crippen molar-refractivity contribution in [2.75, 3.05) is 0 Å². The van der Waals surface area contributed by atoms with E-state index in [2.05, 4.69) is 0 Å². The van der Waals surface area contributed by atoms with Gasteiger partial charge in [0.15, 0.2) is 23.0 Å². The van der Waals surface area contributed by atoms with E-state index in [1.807, 2.05) is 0 Å². The van der Waals surface area contributed by atoms with Gasteiger partial charge in [0.25, 0.3) is 0 Å². The van der Waals surface area contributed by atoms with Crippen LogP contribution >= 0.6 is 11.6 Å². The monoisotopic (exact) mass is 614 g/mol. The number of hydrogen-bond donors (Lipinski definition) is 6. The van der Waals surface area contributed by atoms with Crippen molar-refractivity contribution in [3.05, 3.63) is 138 Å². The van der Waals surface area contributed by atoms with Crippen molar-refractivity contribution in [3.63, 3.8) is 0 Å². The Morgan fingerprint density at radius 1 is 0.523 bits per heavy atom. The first kappa shape index (κ1) is 29.6. The first-order chi connectivity index (χ1) is 21.0. The van der Waals surface area contributed by atoms with Crippen LogP contribution in [-0.2, 0) is 0 Å². The largest absolute Gasteiger partial charge is 0.507 e. The highest BCUT2D eigenvalue weighted by Gasteiger charge is 2.31. The maximum absolute atomic E-state index is 13.3. The Labute approximate surface area is 253 Å². The molecule has 0 fully saturated rings. The molecule has 0 radical (unpaired) electrons. The van der Waals surface area contributed by atoms with E-state index in [0.717, 1.165) is 12.1 Å². The molecular weight excluding hydrogens is 592 g/mol. The van der Waals surface area contributed by atoms with E-state index >= 15 is 0 Å². The van der Waals surface area contributed by atoms with Gasteiger partial charge in [0, 0.05) is 17.2 Å². The Kier molecular flexibility index (Phi) is 8.19. The summed E-state index contributed by atoms with van der Waals surface area (Å²) in [5.41, 5.74) is -1.48. The molecule has 0 saturated carbocycles. The average molecular weight is 615 g/mol. The topological polar surface area (TPSA) is 182 Å². The van der Waals surface area contributed by atoms with Crippen LogP contribution in [0.5, 0.6) is 34.5 Å². The fraction of sp³-hybridized carbons (Fsp3) is 0.0303. The molecule has 5 rings (SSSR count). The number of rotatable bonds is 7. The third-order valence-electron chi connectivity index (χ3n) is 6.63. The zero-order valence-electron chi connectivity index (χ0n) is 22.5. The molecule has 0 spiro atoms. The summed E-state index contributed by atoms with van der Waals surface area (Å²) in [4.78, 5) is 26.6. The normalized spacial score (nSPS) is 12.2. The predicted molar refractivity (Wildman–Crippen MR) is 163 cm³/mol. The molecule has 3 aromatic carbocycles. The van der Waals surface area contributed by atoms with Crippen molar-refractivity contribution in [2.24, 2.45) is 0 Å². The molecule has 0 aliphatic rings. The van der Waals surface area contributed by atoms with Gasteiger partial charge in [-0.1, -0.05) is 48.0 Å². The summed E-state index contributed by atoms with van der Waals surface area (Å²) in [5, 5.41) is 60.8. The molecular formula is C33H23ClO10. The van der Waals surface area contributed by atoms with Crippen LogP contribution in [0.15, 0.2) is 91.2 Å². The van der Waals surface area contributed by atoms with Gasteiger partial charge in [0.1, 0.15) is 23.0 Å². The number of benzene rings is 3. The van der Waals surface area contributed by atoms with Crippen LogP contribution in [0.3, 0.4) is 0 Å². The quantitative estimate of drug-likeness (QED) is 0.119. The molecule has 0 amide bonds. The Hall–Kier alpha value is -5.87. The Morgan fingerprint density at radius 3 is 1.34 bits per heavy atom. The lowest BCUT2D eigenvalue weighted by molar-refractivity contribution is 0.403. The molecule has 44 heavy (non-hydrogen) atoms. The highest BCUT2D eigenvalue weighted by molar-refractivity contribution is 6.30. The molecule has 2 heterocycles. The molecule has 0 aliphatic heterocycles. The van der Waals surface area contributed by atoms with Gasteiger partial charge in [-0.05, 0) is 65.2 Å². The van der Waals surface area contributed by atoms with Gasteiger partial charge >= 0.3 is 11.3 Å². The summed E-state index contributed by atoms with van der Waals surface area (Å²) >= 11 is 6.05. The second-order valence-electron chi connectivity index (χ2n) is 9.62. The lowest BCUT2D eigenvalue weighted by Crippen LogP contribution is -2.21. The van der Waals surface area contributed by atoms with Crippen LogP contribution < -0.4 is 11.3 Å². The maximum atomic E-state index is 13.3. The molecule has 0 bridgehead atoms. The first-order valence-electron chi connectivity index (χ1n) is 12.9. The average Bonchev–Trinajstić information content (AvgIpc) is 2.97. The van der Waals surface area contributed by atoms with Gasteiger partial charge < -0.3 is 39.5 Å². The smallest absolute Gasteiger partial charge is 0.344 e. The first-order valence-corrected chi connectivity index (χ1v) is 13.3. The number of phenols is 4. The summed E-state index contributed by atoms with van der Waals surface area (Å²) in [6.45, 7) is 0. The van der Waals surface area contributed by atoms with Gasteiger partial charge in [0.05, 0.1) is 17.0 Å². The van der Waals surface area contributed by atoms with Gasteiger partial charge in [-0.15, -0.1) is 0 Å². The maximum Gasteiger partial charge on any atom is 0.344 e. The van der Waals surface area contributed by atoms with Gasteiger partial charge in [-0.2, -0.15) is 0 Å². The standard InChI is InChI=1S/C33H23ClO10/c34-20-7-5-19(6-8-20)29(30-27(39)15-21(43-32(30)41)9-1-17-3-11-23(35)25(37)13-17)31-28(40)16-22(44-33(31)42)10-2-18-4-12-24(36)26(38)14-18/h1-16,29,35-40H. The minimum atomic E-state index is -1.33. The summed E-state index contributed by atoms with van der Waals surface area (Å²) in [5.74, 6) is -3.84. The van der Waals surface area contributed by atoms with Crippen molar-refractivity contribution in [3.8, 4) is 34.5 Å². The fourth-order valence-corrected chi connectivity index (χ4v) is 4.62. The molecule has 2 aromatic heterocycles. The highest BCUT2D eigenvalue weighted by atomic mass is 35.5. The molecule has 0 saturated heterocycles. The molecule has 11 heteroatoms. The van der Waals surface area contributed by atoms with E-state index in [4.69, 9.17) is 20.4 Å². The zero-order chi connectivity index (χ0) is 31.5. The minimum absolute atomic E-state index is 0.0596. The van der Waals surface area contributed by atoms with E-state index < -0.39 is 28.7 Å². The third-order valence-corrected chi connectivity index (χ3v) is 6.88. The number of hydrogen-bond acceptors (Lipinski definition) is 10. The molecule has 222 valence electrons. The fourth-order valence-electron chi connectivity index (χ4n) is 4.49. The summed E-state index contributed by atoms with van der Waals surface area (Å²) in [6, 6.07) is 16.5. The van der Waals surface area contributed by atoms with Crippen LogP contribution in [0, 0.1) is 0 Å². The van der Waals surface area contributed by atoms with Gasteiger partial charge in [-0.25, -0.2) is 9.59 Å². The summed E-state index contributed by atoms with van der Waals surface area (Å²) < 4.78 is 10.8. The van der Waals surface area contributed by atoms with Crippen molar-refractivity contribution in [2.45, 2.75) is 5.92 Å². The van der Waals surface area contributed by atoms with E-state index in [0.29, 0.717) is 21.7 Å². The predicted octanol–water partition coefficient (Wildman–Crippen LogP) is 6.00. The molecule has 0 atom stereocenters. The number of phenolic OH excluding ortho intramolecular Hbond substituents is 4. The van der Waals surface area contributed by atoms with Crippen molar-refractivity contribution in [1.29, 1.82) is 0 Å². The molecule has 10 nitrogen and oxygen atoms in total. The molecule has 6 N–H and O–H groups in total. The van der Waals surface area contributed by atoms with E-state index in [9.17, 15) is 40.2 Å². The van der Waals surface area contributed by atoms with Crippen molar-refractivity contribution >= 4 is 35.9 Å². The summed E-state index contributed by atoms with van der Waals surface area (Å²) in [7, 11) is 0. The van der Waals surface area contributed by atoms with Crippen molar-refractivity contribution < 1.29 is 39.5 Å². The van der Waals surface area contributed by atoms with Crippen LogP contribution in [-0.4, -0.2) is 30.6 Å². The SMILES string of the molecule is O=c1oc(C=Cc2ccc(O)c(O)c2)cc(O)c1C(c1ccc(Cl)cc1)c1c(O)cc(C=Cc2ccc(O)c(O)c2)oc1=O. The van der Waals surface area contributed by atoms with E-state index in [1.165, 1.54) is 85.0 Å². The lowest BCUT2D eigenvalue weighted by atomic mass is 9.85. The van der Waals surface area contributed by atoms with Gasteiger partial charge in [-0.3, -0.25) is 0 Å². The lowest BCUT2D eigenvalue weighted by Gasteiger charge is -2.18. The summed E-state index contributed by atoms with van der Waals surface area (Å²) in [6.07, 6.45) is 5.66. The Balaban J connectivity index is 1.57.